The van der Waals surface area contributed by atoms with Gasteiger partial charge in [0.25, 0.3) is 5.91 Å². The number of carbonyl (C=O) groups is 1. The molecule has 2 heterocycles. The highest BCUT2D eigenvalue weighted by atomic mass is 35.5. The van der Waals surface area contributed by atoms with E-state index in [0.717, 1.165) is 11.9 Å². The van der Waals surface area contributed by atoms with E-state index in [9.17, 15) is 13.2 Å². The summed E-state index contributed by atoms with van der Waals surface area (Å²) in [4.78, 5) is 21.4. The monoisotopic (exact) mass is 462 g/mol. The highest BCUT2D eigenvalue weighted by Gasteiger charge is 2.16. The van der Waals surface area contributed by atoms with Gasteiger partial charge in [0.05, 0.1) is 22.9 Å². The summed E-state index contributed by atoms with van der Waals surface area (Å²) in [5.74, 6) is 0.512. The molecule has 0 aliphatic rings. The van der Waals surface area contributed by atoms with Gasteiger partial charge in [-0.05, 0) is 52.0 Å². The lowest BCUT2D eigenvalue weighted by Gasteiger charge is -2.20. The SMILES string of the molecule is Cc1cc(C(=O)Nc2cc(Cl)cc(S(C)(=O)=O)c2)cn1-c1ncc(OC(C)(C)C)cn1. The highest BCUT2D eigenvalue weighted by Crippen LogP contribution is 2.24. The van der Waals surface area contributed by atoms with Crippen LogP contribution in [0.5, 0.6) is 5.75 Å². The van der Waals surface area contributed by atoms with E-state index < -0.39 is 15.7 Å². The van der Waals surface area contributed by atoms with Crippen LogP contribution in [0.2, 0.25) is 5.02 Å². The Morgan fingerprint density at radius 1 is 1.13 bits per heavy atom. The Bertz CT molecular complexity index is 1230. The van der Waals surface area contributed by atoms with E-state index in [2.05, 4.69) is 15.3 Å². The fourth-order valence-electron chi connectivity index (χ4n) is 2.80. The molecule has 0 spiro atoms. The van der Waals surface area contributed by atoms with E-state index in [1.807, 2.05) is 27.7 Å². The number of aromatic nitrogens is 3. The van der Waals surface area contributed by atoms with Gasteiger partial charge in [-0.1, -0.05) is 11.6 Å². The van der Waals surface area contributed by atoms with Crippen LogP contribution in [0.15, 0.2) is 47.8 Å². The van der Waals surface area contributed by atoms with E-state index in [0.29, 0.717) is 17.3 Å². The molecule has 0 unspecified atom stereocenters. The van der Waals surface area contributed by atoms with Gasteiger partial charge in [-0.2, -0.15) is 0 Å². The molecule has 0 bridgehead atoms. The summed E-state index contributed by atoms with van der Waals surface area (Å²) in [6.45, 7) is 7.61. The van der Waals surface area contributed by atoms with Gasteiger partial charge in [0.15, 0.2) is 15.6 Å². The highest BCUT2D eigenvalue weighted by molar-refractivity contribution is 7.90. The van der Waals surface area contributed by atoms with E-state index in [-0.39, 0.29) is 21.2 Å². The molecule has 10 heteroatoms. The summed E-state index contributed by atoms with van der Waals surface area (Å²) in [5, 5.41) is 2.88. The number of aryl methyl sites for hydroxylation is 1. The standard InChI is InChI=1S/C21H23ClN4O4S/c1-13-6-14(12-26(13)20-23-10-17(11-24-20)30-21(2,3)4)19(27)25-16-7-15(22)8-18(9-16)31(5,28)29/h6-12H,1-5H3,(H,25,27). The Morgan fingerprint density at radius 3 is 2.35 bits per heavy atom. The molecule has 0 saturated heterocycles. The minimum absolute atomic E-state index is 0.0232. The van der Waals surface area contributed by atoms with Crippen LogP contribution >= 0.6 is 11.6 Å². The number of ether oxygens (including phenoxy) is 1. The number of hydrogen-bond donors (Lipinski definition) is 1. The van der Waals surface area contributed by atoms with Gasteiger partial charge in [-0.3, -0.25) is 9.36 Å². The first kappa shape index (κ1) is 22.8. The van der Waals surface area contributed by atoms with Crippen LogP contribution in [-0.2, 0) is 9.84 Å². The first-order valence-corrected chi connectivity index (χ1v) is 11.6. The van der Waals surface area contributed by atoms with Gasteiger partial charge in [-0.25, -0.2) is 18.4 Å². The minimum atomic E-state index is -3.47. The Morgan fingerprint density at radius 2 is 1.77 bits per heavy atom. The molecule has 164 valence electrons. The van der Waals surface area contributed by atoms with Gasteiger partial charge in [-0.15, -0.1) is 0 Å². The summed E-state index contributed by atoms with van der Waals surface area (Å²) >= 11 is 6.00. The van der Waals surface area contributed by atoms with Crippen molar-refractivity contribution in [3.63, 3.8) is 0 Å². The van der Waals surface area contributed by atoms with Crippen molar-refractivity contribution in [3.05, 3.63) is 59.1 Å². The zero-order valence-corrected chi connectivity index (χ0v) is 19.4. The number of sulfone groups is 1. The van der Waals surface area contributed by atoms with Gasteiger partial charge in [0, 0.05) is 28.9 Å². The molecule has 0 radical (unpaired) electrons. The minimum Gasteiger partial charge on any atom is -0.485 e. The van der Waals surface area contributed by atoms with Crippen LogP contribution in [0.4, 0.5) is 5.69 Å². The summed E-state index contributed by atoms with van der Waals surface area (Å²) in [6.07, 6.45) is 5.83. The molecule has 2 aromatic heterocycles. The van der Waals surface area contributed by atoms with Crippen LogP contribution in [-0.4, -0.2) is 40.7 Å². The van der Waals surface area contributed by atoms with Crippen molar-refractivity contribution >= 4 is 33.0 Å². The maximum absolute atomic E-state index is 12.7. The predicted molar refractivity (Wildman–Crippen MR) is 119 cm³/mol. The van der Waals surface area contributed by atoms with E-state index in [4.69, 9.17) is 16.3 Å². The average molecular weight is 463 g/mol. The number of rotatable bonds is 5. The van der Waals surface area contributed by atoms with Crippen molar-refractivity contribution in [1.82, 2.24) is 14.5 Å². The quantitative estimate of drug-likeness (QED) is 0.613. The summed E-state index contributed by atoms with van der Waals surface area (Å²) in [6, 6.07) is 5.85. The molecule has 0 saturated carbocycles. The first-order chi connectivity index (χ1) is 14.3. The normalized spacial score (nSPS) is 11.9. The lowest BCUT2D eigenvalue weighted by atomic mass is 10.2. The number of benzene rings is 1. The van der Waals surface area contributed by atoms with Crippen molar-refractivity contribution in [1.29, 1.82) is 0 Å². The third kappa shape index (κ3) is 5.83. The predicted octanol–water partition coefficient (Wildman–Crippen LogP) is 4.06. The van der Waals surface area contributed by atoms with Crippen molar-refractivity contribution in [2.75, 3.05) is 11.6 Å². The number of nitrogens with one attached hydrogen (secondary N) is 1. The largest absolute Gasteiger partial charge is 0.485 e. The summed E-state index contributed by atoms with van der Waals surface area (Å²) < 4.78 is 31.0. The molecule has 1 aromatic carbocycles. The molecule has 1 amide bonds. The molecule has 1 N–H and O–H groups in total. The fraction of sp³-hybridized carbons (Fsp3) is 0.286. The lowest BCUT2D eigenvalue weighted by Crippen LogP contribution is -2.23. The molecule has 31 heavy (non-hydrogen) atoms. The van der Waals surface area contributed by atoms with E-state index >= 15 is 0 Å². The maximum Gasteiger partial charge on any atom is 0.257 e. The maximum atomic E-state index is 12.7. The zero-order chi connectivity index (χ0) is 23.0. The molecule has 0 fully saturated rings. The Kier molecular flexibility index (Phi) is 6.11. The summed E-state index contributed by atoms with van der Waals surface area (Å²) in [5.41, 5.74) is 1.02. The average Bonchev–Trinajstić information content (AvgIpc) is 3.02. The third-order valence-corrected chi connectivity index (χ3v) is 5.40. The molecule has 3 rings (SSSR count). The summed E-state index contributed by atoms with van der Waals surface area (Å²) in [7, 11) is -3.47. The van der Waals surface area contributed by atoms with Gasteiger partial charge >= 0.3 is 0 Å². The van der Waals surface area contributed by atoms with Crippen LogP contribution < -0.4 is 10.1 Å². The van der Waals surface area contributed by atoms with E-state index in [1.54, 1.807) is 29.2 Å². The molecule has 8 nitrogen and oxygen atoms in total. The van der Waals surface area contributed by atoms with E-state index in [1.165, 1.54) is 18.2 Å². The van der Waals surface area contributed by atoms with Crippen LogP contribution in [0.25, 0.3) is 5.95 Å². The van der Waals surface area contributed by atoms with Crippen molar-refractivity contribution < 1.29 is 17.9 Å². The van der Waals surface area contributed by atoms with Gasteiger partial charge in [0.1, 0.15) is 5.60 Å². The zero-order valence-electron chi connectivity index (χ0n) is 17.8. The third-order valence-electron chi connectivity index (χ3n) is 4.09. The number of anilines is 1. The smallest absolute Gasteiger partial charge is 0.257 e. The molecule has 0 atom stereocenters. The number of hydrogen-bond acceptors (Lipinski definition) is 6. The fourth-order valence-corrected chi connectivity index (χ4v) is 3.79. The molecule has 0 aliphatic heterocycles. The number of halogens is 1. The molecule has 3 aromatic rings. The number of carbonyl (C=O) groups excluding carboxylic acids is 1. The molecular formula is C21H23ClN4O4S. The van der Waals surface area contributed by atoms with Crippen molar-refractivity contribution in [2.45, 2.75) is 38.2 Å². The van der Waals surface area contributed by atoms with Gasteiger partial charge < -0.3 is 10.1 Å². The van der Waals surface area contributed by atoms with Crippen LogP contribution in [0.3, 0.4) is 0 Å². The first-order valence-electron chi connectivity index (χ1n) is 9.34. The van der Waals surface area contributed by atoms with Crippen LogP contribution in [0.1, 0.15) is 36.8 Å². The molecule has 0 aliphatic carbocycles. The Hall–Kier alpha value is -2.91. The number of amides is 1. The van der Waals surface area contributed by atoms with Crippen LogP contribution in [0, 0.1) is 6.92 Å². The van der Waals surface area contributed by atoms with Gasteiger partial charge in [0.2, 0.25) is 5.95 Å². The van der Waals surface area contributed by atoms with Crippen molar-refractivity contribution in [3.8, 4) is 11.7 Å². The second-order valence-electron chi connectivity index (χ2n) is 8.08. The topological polar surface area (TPSA) is 103 Å². The lowest BCUT2D eigenvalue weighted by molar-refractivity contribution is 0.102. The molecular weight excluding hydrogens is 440 g/mol. The second-order valence-corrected chi connectivity index (χ2v) is 10.5. The Balaban J connectivity index is 1.82. The Labute approximate surface area is 186 Å². The number of nitrogens with zero attached hydrogens (tertiary/aromatic N) is 3. The second kappa shape index (κ2) is 8.32. The van der Waals surface area contributed by atoms with Crippen molar-refractivity contribution in [2.24, 2.45) is 0 Å².